The van der Waals surface area contributed by atoms with Crippen LogP contribution in [0.3, 0.4) is 0 Å². The molecule has 4 aromatic rings. The zero-order valence-electron chi connectivity index (χ0n) is 30.1. The third-order valence-electron chi connectivity index (χ3n) is 9.78. The molecule has 7 rings (SSSR count). The van der Waals surface area contributed by atoms with Crippen molar-refractivity contribution in [3.63, 3.8) is 0 Å². The third kappa shape index (κ3) is 8.49. The highest BCUT2D eigenvalue weighted by molar-refractivity contribution is 5.82. The van der Waals surface area contributed by atoms with Gasteiger partial charge in [0.15, 0.2) is 18.6 Å². The van der Waals surface area contributed by atoms with Gasteiger partial charge in [-0.15, -0.1) is 0 Å². The smallest absolute Gasteiger partial charge is 0.407 e. The summed E-state index contributed by atoms with van der Waals surface area (Å²) in [5.41, 5.74) is 15.2. The monoisotopic (exact) mass is 748 g/mol. The number of benzene rings is 4. The zero-order valence-corrected chi connectivity index (χ0v) is 30.1. The number of esters is 2. The molecular formula is C41H40N4O10. The predicted molar refractivity (Wildman–Crippen MR) is 196 cm³/mol. The number of carbonyl (C=O) groups is 3. The van der Waals surface area contributed by atoms with Crippen LogP contribution in [0.15, 0.2) is 114 Å². The second-order valence-electron chi connectivity index (χ2n) is 13.4. The highest BCUT2D eigenvalue weighted by atomic mass is 16.8. The Bertz CT molecular complexity index is 1980. The van der Waals surface area contributed by atoms with Crippen LogP contribution in [-0.4, -0.2) is 74.0 Å². The highest BCUT2D eigenvalue weighted by Gasteiger charge is 2.53. The Morgan fingerprint density at radius 3 is 2.16 bits per heavy atom. The van der Waals surface area contributed by atoms with Gasteiger partial charge in [-0.2, -0.15) is 0 Å². The van der Waals surface area contributed by atoms with E-state index >= 15 is 0 Å². The van der Waals surface area contributed by atoms with Crippen molar-refractivity contribution in [1.82, 2.24) is 5.32 Å². The molecule has 4 aromatic carbocycles. The van der Waals surface area contributed by atoms with E-state index in [9.17, 15) is 19.9 Å². The van der Waals surface area contributed by atoms with Crippen molar-refractivity contribution in [3.8, 4) is 11.1 Å². The van der Waals surface area contributed by atoms with Crippen LogP contribution in [0.2, 0.25) is 0 Å². The van der Waals surface area contributed by atoms with Gasteiger partial charge in [0.05, 0.1) is 12.7 Å². The lowest BCUT2D eigenvalue weighted by Gasteiger charge is -2.48. The Kier molecular flexibility index (Phi) is 11.7. The van der Waals surface area contributed by atoms with Gasteiger partial charge in [0, 0.05) is 23.3 Å². The van der Waals surface area contributed by atoms with Crippen molar-refractivity contribution in [2.75, 3.05) is 13.2 Å². The van der Waals surface area contributed by atoms with E-state index < -0.39 is 67.1 Å². The van der Waals surface area contributed by atoms with Gasteiger partial charge in [-0.1, -0.05) is 114 Å². The summed E-state index contributed by atoms with van der Waals surface area (Å²) < 4.78 is 41.8. The maximum atomic E-state index is 13.7. The Labute approximate surface area is 317 Å². The average molecular weight is 749 g/mol. The molecule has 0 radical (unpaired) electrons. The van der Waals surface area contributed by atoms with E-state index in [0.717, 1.165) is 33.4 Å². The molecule has 8 atom stereocenters. The fraction of sp³-hybridized carbons (Fsp3) is 0.341. The molecule has 0 bridgehead atoms. The van der Waals surface area contributed by atoms with Crippen LogP contribution in [0.1, 0.15) is 48.3 Å². The minimum Gasteiger partial charge on any atom is -0.459 e. The lowest BCUT2D eigenvalue weighted by atomic mass is 9.95. The molecule has 2 heterocycles. The number of hydrogen-bond donors (Lipinski definition) is 1. The van der Waals surface area contributed by atoms with Crippen molar-refractivity contribution in [2.24, 2.45) is 5.11 Å². The minimum absolute atomic E-state index is 0.00266. The van der Waals surface area contributed by atoms with E-state index in [1.807, 2.05) is 97.1 Å². The summed E-state index contributed by atoms with van der Waals surface area (Å²) in [5.74, 6) is -1.69. The lowest BCUT2D eigenvalue weighted by molar-refractivity contribution is -0.347. The quantitative estimate of drug-likeness (QED) is 0.0554. The molecule has 0 saturated carbocycles. The Balaban J connectivity index is 1.09. The number of hydrogen-bond acceptors (Lipinski definition) is 11. The summed E-state index contributed by atoms with van der Waals surface area (Å²) in [5, 5.41) is 6.53. The SMILES string of the molecule is CC(=O)O[C@@H]1[C@@H](N=[N+]=[N-])[C@@H](O[C@H](C)[C@H](NC(=O)OCC2c3ccccc3-c3ccccc32)C(=O)OCc2ccccc2)O[C@@H]2COC(c3ccccc3)O[C@H]12. The van der Waals surface area contributed by atoms with Crippen molar-refractivity contribution in [2.45, 2.75) is 75.5 Å². The van der Waals surface area contributed by atoms with Crippen LogP contribution in [0.5, 0.6) is 0 Å². The number of amides is 1. The molecule has 1 N–H and O–H groups in total. The van der Waals surface area contributed by atoms with E-state index in [0.29, 0.717) is 0 Å². The number of nitrogens with zero attached hydrogens (tertiary/aromatic N) is 3. The van der Waals surface area contributed by atoms with E-state index in [1.54, 1.807) is 12.1 Å². The Morgan fingerprint density at radius 2 is 1.51 bits per heavy atom. The molecule has 55 heavy (non-hydrogen) atoms. The van der Waals surface area contributed by atoms with Crippen LogP contribution in [0.4, 0.5) is 4.79 Å². The molecule has 2 saturated heterocycles. The molecule has 1 amide bonds. The summed E-state index contributed by atoms with van der Waals surface area (Å²) in [6.45, 7) is 2.69. The first kappa shape index (κ1) is 37.6. The molecule has 0 aromatic heterocycles. The Morgan fingerprint density at radius 1 is 0.873 bits per heavy atom. The van der Waals surface area contributed by atoms with E-state index in [-0.39, 0.29) is 25.7 Å². The van der Waals surface area contributed by atoms with Gasteiger partial charge in [-0.05, 0) is 40.3 Å². The van der Waals surface area contributed by atoms with Crippen molar-refractivity contribution >= 4 is 18.0 Å². The number of rotatable bonds is 12. The second-order valence-corrected chi connectivity index (χ2v) is 13.4. The van der Waals surface area contributed by atoms with Crippen molar-refractivity contribution in [1.29, 1.82) is 0 Å². The molecule has 3 aliphatic rings. The average Bonchev–Trinajstić information content (AvgIpc) is 3.53. The first-order chi connectivity index (χ1) is 26.8. The van der Waals surface area contributed by atoms with E-state index in [4.69, 9.17) is 33.2 Å². The first-order valence-corrected chi connectivity index (χ1v) is 18.0. The first-order valence-electron chi connectivity index (χ1n) is 18.0. The van der Waals surface area contributed by atoms with Gasteiger partial charge >= 0.3 is 18.0 Å². The third-order valence-corrected chi connectivity index (χ3v) is 9.78. The molecule has 2 aliphatic heterocycles. The van der Waals surface area contributed by atoms with Crippen LogP contribution in [-0.2, 0) is 49.4 Å². The largest absolute Gasteiger partial charge is 0.459 e. The van der Waals surface area contributed by atoms with Gasteiger partial charge in [-0.3, -0.25) is 4.79 Å². The van der Waals surface area contributed by atoms with Crippen LogP contribution in [0.25, 0.3) is 21.6 Å². The van der Waals surface area contributed by atoms with Gasteiger partial charge < -0.3 is 38.5 Å². The van der Waals surface area contributed by atoms with Crippen LogP contribution in [0, 0.1) is 0 Å². The van der Waals surface area contributed by atoms with E-state index in [2.05, 4.69) is 15.3 Å². The minimum atomic E-state index is -1.42. The summed E-state index contributed by atoms with van der Waals surface area (Å²) in [7, 11) is 0. The molecule has 2 fully saturated rings. The maximum Gasteiger partial charge on any atom is 0.407 e. The second kappa shape index (κ2) is 17.1. The maximum absolute atomic E-state index is 13.7. The van der Waals surface area contributed by atoms with Gasteiger partial charge in [0.25, 0.3) is 0 Å². The molecule has 284 valence electrons. The van der Waals surface area contributed by atoms with Gasteiger partial charge in [0.1, 0.15) is 37.6 Å². The lowest BCUT2D eigenvalue weighted by Crippen LogP contribution is -2.63. The summed E-state index contributed by atoms with van der Waals surface area (Å²) in [6, 6.07) is 31.4. The van der Waals surface area contributed by atoms with Crippen molar-refractivity contribution < 1.29 is 47.5 Å². The number of alkyl carbamates (subject to hydrolysis) is 1. The summed E-state index contributed by atoms with van der Waals surface area (Å²) >= 11 is 0. The number of carbonyl (C=O) groups excluding carboxylic acids is 3. The molecule has 14 heteroatoms. The standard InChI is InChI=1S/C41H40N4O10/c1-24(52-40-35(44-45-42)37(53-25(2)46)36-33(54-40)23-50-39(55-36)27-15-7-4-8-16-27)34(38(47)49-21-26-13-5-3-6-14-26)43-41(48)51-22-32-30-19-11-9-17-28(30)29-18-10-12-20-31(29)32/h3-20,24,32-37,39-40H,21-23H2,1-2H3,(H,43,48)/t24-,33-,34+,35-,36+,37-,39?,40+/m1/s1. The fourth-order valence-corrected chi connectivity index (χ4v) is 7.20. The zero-order chi connectivity index (χ0) is 38.3. The van der Waals surface area contributed by atoms with E-state index in [1.165, 1.54) is 13.8 Å². The van der Waals surface area contributed by atoms with Crippen LogP contribution >= 0.6 is 0 Å². The summed E-state index contributed by atoms with van der Waals surface area (Å²) in [4.78, 5) is 42.6. The van der Waals surface area contributed by atoms with Gasteiger partial charge in [-0.25, -0.2) is 9.59 Å². The molecule has 0 spiro atoms. The molecule has 1 aliphatic carbocycles. The number of nitrogens with one attached hydrogen (secondary N) is 1. The predicted octanol–water partition coefficient (Wildman–Crippen LogP) is 6.49. The number of fused-ring (bicyclic) bond motifs is 4. The topological polar surface area (TPSA) is 177 Å². The van der Waals surface area contributed by atoms with Crippen LogP contribution < -0.4 is 5.32 Å². The number of ether oxygens (including phenoxy) is 7. The molecule has 14 nitrogen and oxygen atoms in total. The molecule has 1 unspecified atom stereocenters. The summed E-state index contributed by atoms with van der Waals surface area (Å²) in [6.07, 6.45) is -7.10. The van der Waals surface area contributed by atoms with Gasteiger partial charge in [0.2, 0.25) is 0 Å². The normalized spacial score (nSPS) is 23.7. The Hall–Kier alpha value is -5.76. The molecular weight excluding hydrogens is 708 g/mol. The highest BCUT2D eigenvalue weighted by Crippen LogP contribution is 2.44. The number of azide groups is 1. The van der Waals surface area contributed by atoms with Crippen molar-refractivity contribution in [3.05, 3.63) is 142 Å². The fourth-order valence-electron chi connectivity index (χ4n) is 7.20.